The molecule has 4 heteroatoms. The van der Waals surface area contributed by atoms with Gasteiger partial charge in [-0.25, -0.2) is 0 Å². The van der Waals surface area contributed by atoms with Gasteiger partial charge in [-0.2, -0.15) is 0 Å². The molecule has 1 aromatic carbocycles. The van der Waals surface area contributed by atoms with E-state index >= 15 is 0 Å². The summed E-state index contributed by atoms with van der Waals surface area (Å²) in [6.45, 7) is 3.02. The fourth-order valence-electron chi connectivity index (χ4n) is 1.56. The highest BCUT2D eigenvalue weighted by atomic mass is 32.1. The predicted octanol–water partition coefficient (Wildman–Crippen LogP) is 2.32. The van der Waals surface area contributed by atoms with Crippen molar-refractivity contribution >= 4 is 23.6 Å². The first-order valence-electron chi connectivity index (χ1n) is 5.34. The highest BCUT2D eigenvalue weighted by Crippen LogP contribution is 2.25. The second-order valence-electron chi connectivity index (χ2n) is 3.91. The van der Waals surface area contributed by atoms with Gasteiger partial charge >= 0.3 is 0 Å². The molecule has 0 atom stereocenters. The van der Waals surface area contributed by atoms with Crippen molar-refractivity contribution in [2.45, 2.75) is 26.2 Å². The van der Waals surface area contributed by atoms with E-state index in [1.807, 2.05) is 19.0 Å². The fourth-order valence-corrected chi connectivity index (χ4v) is 1.95. The first-order valence-corrected chi connectivity index (χ1v) is 5.75. The Balaban J connectivity index is 2.58. The van der Waals surface area contributed by atoms with Crippen molar-refractivity contribution in [2.75, 3.05) is 30.9 Å². The molecule has 0 radical (unpaired) electrons. The van der Waals surface area contributed by atoms with Crippen LogP contribution in [-0.2, 0) is 0 Å². The molecule has 1 rings (SSSR count). The standard InChI is InChI=1S/C11H18N2OS/c1-4-5-6-7-12-8-9(13(2)3)11(15)10(8)14/h12H,4-7H2,1-3H3. The van der Waals surface area contributed by atoms with E-state index in [4.69, 9.17) is 12.2 Å². The number of hydrogen-bond acceptors (Lipinski definition) is 4. The van der Waals surface area contributed by atoms with Gasteiger partial charge < -0.3 is 10.2 Å². The molecule has 0 unspecified atom stereocenters. The molecule has 0 fully saturated rings. The summed E-state index contributed by atoms with van der Waals surface area (Å²) in [6, 6.07) is 0. The van der Waals surface area contributed by atoms with Gasteiger partial charge in [-0.05, 0) is 6.42 Å². The molecule has 0 saturated heterocycles. The molecule has 0 spiro atoms. The van der Waals surface area contributed by atoms with Crippen molar-refractivity contribution < 1.29 is 0 Å². The summed E-state index contributed by atoms with van der Waals surface area (Å²) in [5, 5.41) is 3.17. The van der Waals surface area contributed by atoms with E-state index in [-0.39, 0.29) is 5.43 Å². The molecule has 0 aromatic heterocycles. The summed E-state index contributed by atoms with van der Waals surface area (Å²) in [7, 11) is 3.81. The maximum atomic E-state index is 11.5. The van der Waals surface area contributed by atoms with Crippen molar-refractivity contribution in [3.8, 4) is 0 Å². The van der Waals surface area contributed by atoms with Crippen molar-refractivity contribution in [1.82, 2.24) is 0 Å². The van der Waals surface area contributed by atoms with Crippen LogP contribution in [0.2, 0.25) is 0 Å². The smallest absolute Gasteiger partial charge is 0.223 e. The third kappa shape index (κ3) is 2.56. The summed E-state index contributed by atoms with van der Waals surface area (Å²) in [5.41, 5.74) is 1.57. The number of hydrogen-bond donors (Lipinski definition) is 1. The molecular formula is C11H18N2OS. The van der Waals surface area contributed by atoms with E-state index in [0.29, 0.717) is 10.2 Å². The molecule has 0 aliphatic carbocycles. The van der Waals surface area contributed by atoms with Crippen LogP contribution in [0.4, 0.5) is 11.4 Å². The van der Waals surface area contributed by atoms with Crippen LogP contribution in [0.25, 0.3) is 0 Å². The van der Waals surface area contributed by atoms with Gasteiger partial charge in [0.15, 0.2) is 0 Å². The minimum atomic E-state index is -0.00908. The maximum Gasteiger partial charge on any atom is 0.223 e. The highest BCUT2D eigenvalue weighted by molar-refractivity contribution is 7.71. The first kappa shape index (κ1) is 12.2. The van der Waals surface area contributed by atoms with Gasteiger partial charge in [0.25, 0.3) is 0 Å². The van der Waals surface area contributed by atoms with Gasteiger partial charge in [0.2, 0.25) is 5.43 Å². The SMILES string of the molecule is CCCCCNc1c(N(C)C)c(=S)c1=O. The van der Waals surface area contributed by atoms with Crippen LogP contribution >= 0.6 is 12.2 Å². The lowest BCUT2D eigenvalue weighted by molar-refractivity contribution is 0.743. The molecule has 0 amide bonds. The molecule has 84 valence electrons. The van der Waals surface area contributed by atoms with Crippen LogP contribution in [-0.4, -0.2) is 20.6 Å². The minimum Gasteiger partial charge on any atom is -0.380 e. The Labute approximate surface area is 95.8 Å². The van der Waals surface area contributed by atoms with Crippen LogP contribution < -0.4 is 15.6 Å². The normalized spacial score (nSPS) is 10.6. The van der Waals surface area contributed by atoms with Crippen LogP contribution in [0.3, 0.4) is 0 Å². The van der Waals surface area contributed by atoms with Gasteiger partial charge in [0.05, 0.1) is 5.69 Å². The Morgan fingerprint density at radius 3 is 2.53 bits per heavy atom. The quantitative estimate of drug-likeness (QED) is 0.596. The largest absolute Gasteiger partial charge is 0.380 e. The Morgan fingerprint density at radius 1 is 1.33 bits per heavy atom. The Bertz CT molecular complexity index is 391. The lowest BCUT2D eigenvalue weighted by Crippen LogP contribution is -2.25. The van der Waals surface area contributed by atoms with Gasteiger partial charge in [0, 0.05) is 20.6 Å². The summed E-state index contributed by atoms with van der Waals surface area (Å²) >= 11 is 4.99. The lowest BCUT2D eigenvalue weighted by atomic mass is 10.2. The zero-order valence-electron chi connectivity index (χ0n) is 9.59. The summed E-state index contributed by atoms with van der Waals surface area (Å²) in [4.78, 5) is 13.3. The molecule has 15 heavy (non-hydrogen) atoms. The zero-order chi connectivity index (χ0) is 11.4. The lowest BCUT2D eigenvalue weighted by Gasteiger charge is -2.20. The zero-order valence-corrected chi connectivity index (χ0v) is 10.4. The van der Waals surface area contributed by atoms with Gasteiger partial charge in [-0.3, -0.25) is 4.79 Å². The number of nitrogens with one attached hydrogen (secondary N) is 1. The molecule has 1 N–H and O–H groups in total. The maximum absolute atomic E-state index is 11.5. The third-order valence-electron chi connectivity index (χ3n) is 2.41. The Morgan fingerprint density at radius 2 is 2.00 bits per heavy atom. The van der Waals surface area contributed by atoms with Crippen LogP contribution in [0, 0.1) is 4.51 Å². The number of rotatable bonds is 6. The van der Waals surface area contributed by atoms with E-state index in [0.717, 1.165) is 18.7 Å². The van der Waals surface area contributed by atoms with Gasteiger partial charge in [-0.1, -0.05) is 32.0 Å². The first-order chi connectivity index (χ1) is 7.09. The summed E-state index contributed by atoms with van der Waals surface area (Å²) in [5.74, 6) is 0. The van der Waals surface area contributed by atoms with Gasteiger partial charge in [0.1, 0.15) is 10.2 Å². The van der Waals surface area contributed by atoms with Crippen molar-refractivity contribution in [3.05, 3.63) is 14.7 Å². The monoisotopic (exact) mass is 226 g/mol. The van der Waals surface area contributed by atoms with Gasteiger partial charge in [-0.15, -0.1) is 0 Å². The van der Waals surface area contributed by atoms with Crippen LogP contribution in [0.15, 0.2) is 4.79 Å². The van der Waals surface area contributed by atoms with Crippen molar-refractivity contribution in [3.63, 3.8) is 0 Å². The second kappa shape index (κ2) is 5.26. The molecule has 0 aliphatic heterocycles. The van der Waals surface area contributed by atoms with E-state index in [1.165, 1.54) is 12.8 Å². The summed E-state index contributed by atoms with van der Waals surface area (Å²) in [6.07, 6.45) is 3.48. The number of unbranched alkanes of at least 4 members (excludes halogenated alkanes) is 2. The number of nitrogens with zero attached hydrogens (tertiary/aromatic N) is 1. The van der Waals surface area contributed by atoms with E-state index in [9.17, 15) is 4.79 Å². The predicted molar refractivity (Wildman–Crippen MR) is 68.3 cm³/mol. The molecular weight excluding hydrogens is 208 g/mol. The minimum absolute atomic E-state index is 0.00908. The fraction of sp³-hybridized carbons (Fsp3) is 0.636. The summed E-state index contributed by atoms with van der Waals surface area (Å²) < 4.78 is 0.456. The highest BCUT2D eigenvalue weighted by Gasteiger charge is 2.18. The second-order valence-corrected chi connectivity index (χ2v) is 4.32. The molecule has 0 bridgehead atoms. The topological polar surface area (TPSA) is 32.3 Å². The number of anilines is 2. The Hall–Kier alpha value is -0.900. The Kier molecular flexibility index (Phi) is 4.27. The van der Waals surface area contributed by atoms with E-state index in [2.05, 4.69) is 12.2 Å². The van der Waals surface area contributed by atoms with Crippen LogP contribution in [0.5, 0.6) is 0 Å². The molecule has 0 heterocycles. The van der Waals surface area contributed by atoms with Crippen LogP contribution in [0.1, 0.15) is 26.2 Å². The molecule has 1 aromatic rings. The third-order valence-corrected chi connectivity index (χ3v) is 2.79. The molecule has 3 nitrogen and oxygen atoms in total. The average Bonchev–Trinajstić information content (AvgIpc) is 2.20. The molecule has 0 saturated carbocycles. The van der Waals surface area contributed by atoms with Crippen molar-refractivity contribution in [1.29, 1.82) is 0 Å². The molecule has 0 aliphatic rings. The van der Waals surface area contributed by atoms with E-state index in [1.54, 1.807) is 0 Å². The van der Waals surface area contributed by atoms with Crippen molar-refractivity contribution in [2.24, 2.45) is 0 Å². The van der Waals surface area contributed by atoms with E-state index < -0.39 is 0 Å². The average molecular weight is 226 g/mol.